The third kappa shape index (κ3) is 5.11. The first-order chi connectivity index (χ1) is 14.0. The van der Waals surface area contributed by atoms with Crippen molar-refractivity contribution in [2.75, 3.05) is 16.8 Å². The van der Waals surface area contributed by atoms with Crippen molar-refractivity contribution >= 4 is 39.8 Å². The average Bonchev–Trinajstić information content (AvgIpc) is 3.39. The van der Waals surface area contributed by atoms with Crippen LogP contribution in [0.5, 0.6) is 0 Å². The summed E-state index contributed by atoms with van der Waals surface area (Å²) in [7, 11) is 0. The molecule has 1 N–H and O–H groups in total. The molecule has 0 fully saturated rings. The zero-order valence-electron chi connectivity index (χ0n) is 16.0. The lowest BCUT2D eigenvalue weighted by Crippen LogP contribution is -2.39. The molecule has 0 aliphatic heterocycles. The molecule has 150 valence electrons. The van der Waals surface area contributed by atoms with Crippen LogP contribution in [0, 0.1) is 0 Å². The number of benzene rings is 1. The van der Waals surface area contributed by atoms with E-state index in [1.54, 1.807) is 17.0 Å². The number of carbonyl (C=O) groups excluding carboxylic acids is 3. The number of esters is 1. The first-order valence-electron chi connectivity index (χ1n) is 8.94. The van der Waals surface area contributed by atoms with E-state index in [4.69, 9.17) is 9.15 Å². The Kier molecular flexibility index (Phi) is 6.46. The summed E-state index contributed by atoms with van der Waals surface area (Å²) in [6, 6.07) is 15.4. The van der Waals surface area contributed by atoms with Gasteiger partial charge in [-0.25, -0.2) is 4.79 Å². The van der Waals surface area contributed by atoms with E-state index in [1.807, 2.05) is 44.2 Å². The molecule has 2 aromatic heterocycles. The standard InChI is InChI=1S/C21H20N2O5S/c1-14(2)23(15-7-4-3-5-8-15)19(24)13-28-21(26)17-10-11-18(29-17)22-20(25)16-9-6-12-27-16/h3-12,14H,13H2,1-2H3,(H,22,25). The molecule has 3 aromatic rings. The first-order valence-corrected chi connectivity index (χ1v) is 9.76. The third-order valence-corrected chi connectivity index (χ3v) is 4.92. The first kappa shape index (κ1) is 20.3. The Labute approximate surface area is 171 Å². The van der Waals surface area contributed by atoms with Gasteiger partial charge >= 0.3 is 5.97 Å². The fourth-order valence-electron chi connectivity index (χ4n) is 2.68. The fraction of sp³-hybridized carbons (Fsp3) is 0.190. The van der Waals surface area contributed by atoms with Gasteiger partial charge in [0.25, 0.3) is 11.8 Å². The van der Waals surface area contributed by atoms with Crippen LogP contribution < -0.4 is 10.2 Å². The average molecular weight is 412 g/mol. The number of nitrogens with zero attached hydrogens (tertiary/aromatic N) is 1. The van der Waals surface area contributed by atoms with Crippen LogP contribution in [0.1, 0.15) is 34.1 Å². The number of thiophene rings is 1. The number of furan rings is 1. The van der Waals surface area contributed by atoms with E-state index >= 15 is 0 Å². The summed E-state index contributed by atoms with van der Waals surface area (Å²) in [4.78, 5) is 38.7. The number of ether oxygens (including phenoxy) is 1. The molecule has 29 heavy (non-hydrogen) atoms. The molecule has 0 aliphatic rings. The molecule has 0 atom stereocenters. The summed E-state index contributed by atoms with van der Waals surface area (Å²) >= 11 is 1.06. The highest BCUT2D eigenvalue weighted by Gasteiger charge is 2.21. The van der Waals surface area contributed by atoms with Gasteiger partial charge in [-0.05, 0) is 50.2 Å². The molecule has 2 heterocycles. The summed E-state index contributed by atoms with van der Waals surface area (Å²) in [6.45, 7) is 3.40. The van der Waals surface area contributed by atoms with Crippen molar-refractivity contribution < 1.29 is 23.5 Å². The number of para-hydroxylation sites is 1. The van der Waals surface area contributed by atoms with E-state index in [2.05, 4.69) is 5.32 Å². The van der Waals surface area contributed by atoms with E-state index in [0.29, 0.717) is 5.00 Å². The van der Waals surface area contributed by atoms with E-state index in [9.17, 15) is 14.4 Å². The van der Waals surface area contributed by atoms with Crippen LogP contribution in [-0.2, 0) is 9.53 Å². The van der Waals surface area contributed by atoms with E-state index in [1.165, 1.54) is 18.4 Å². The Morgan fingerprint density at radius 3 is 2.48 bits per heavy atom. The van der Waals surface area contributed by atoms with Gasteiger partial charge < -0.3 is 19.4 Å². The van der Waals surface area contributed by atoms with Gasteiger partial charge in [0, 0.05) is 11.7 Å². The number of carbonyl (C=O) groups is 3. The Morgan fingerprint density at radius 1 is 1.07 bits per heavy atom. The zero-order chi connectivity index (χ0) is 20.8. The summed E-state index contributed by atoms with van der Waals surface area (Å²) in [5, 5.41) is 3.11. The van der Waals surface area contributed by atoms with Gasteiger partial charge in [0.1, 0.15) is 4.88 Å². The van der Waals surface area contributed by atoms with Crippen LogP contribution in [0.3, 0.4) is 0 Å². The molecule has 7 nitrogen and oxygen atoms in total. The molecule has 0 aliphatic carbocycles. The maximum absolute atomic E-state index is 12.6. The van der Waals surface area contributed by atoms with Crippen molar-refractivity contribution in [1.82, 2.24) is 0 Å². The Bertz CT molecular complexity index is 980. The van der Waals surface area contributed by atoms with Crippen LogP contribution in [-0.4, -0.2) is 30.4 Å². The number of hydrogen-bond donors (Lipinski definition) is 1. The third-order valence-electron chi connectivity index (χ3n) is 3.94. The highest BCUT2D eigenvalue weighted by molar-refractivity contribution is 7.18. The quantitative estimate of drug-likeness (QED) is 0.588. The predicted molar refractivity (Wildman–Crippen MR) is 110 cm³/mol. The molecule has 3 rings (SSSR count). The molecular formula is C21H20N2O5S. The number of nitrogens with one attached hydrogen (secondary N) is 1. The minimum absolute atomic E-state index is 0.0891. The Morgan fingerprint density at radius 2 is 1.83 bits per heavy atom. The molecule has 0 saturated carbocycles. The zero-order valence-corrected chi connectivity index (χ0v) is 16.8. The van der Waals surface area contributed by atoms with Crippen LogP contribution in [0.15, 0.2) is 65.3 Å². The summed E-state index contributed by atoms with van der Waals surface area (Å²) in [6.07, 6.45) is 1.40. The second-order valence-electron chi connectivity index (χ2n) is 6.36. The molecule has 0 unspecified atom stereocenters. The minimum atomic E-state index is -0.626. The number of hydrogen-bond acceptors (Lipinski definition) is 6. The maximum Gasteiger partial charge on any atom is 0.348 e. The summed E-state index contributed by atoms with van der Waals surface area (Å²) < 4.78 is 10.2. The van der Waals surface area contributed by atoms with Gasteiger partial charge in [-0.15, -0.1) is 11.3 Å². The number of rotatable bonds is 7. The van der Waals surface area contributed by atoms with Gasteiger partial charge in [0.05, 0.1) is 11.3 Å². The lowest BCUT2D eigenvalue weighted by molar-refractivity contribution is -0.122. The maximum atomic E-state index is 12.6. The largest absolute Gasteiger partial charge is 0.459 e. The summed E-state index contributed by atoms with van der Waals surface area (Å²) in [5.74, 6) is -1.19. The van der Waals surface area contributed by atoms with Gasteiger partial charge in [-0.1, -0.05) is 18.2 Å². The van der Waals surface area contributed by atoms with E-state index < -0.39 is 11.9 Å². The molecule has 0 bridgehead atoms. The number of anilines is 2. The van der Waals surface area contributed by atoms with Crippen molar-refractivity contribution in [2.24, 2.45) is 0 Å². The van der Waals surface area contributed by atoms with Gasteiger partial charge in [-0.2, -0.15) is 0 Å². The van der Waals surface area contributed by atoms with Crippen molar-refractivity contribution in [3.63, 3.8) is 0 Å². The van der Waals surface area contributed by atoms with Crippen LogP contribution in [0.2, 0.25) is 0 Å². The highest BCUT2D eigenvalue weighted by Crippen LogP contribution is 2.24. The molecular weight excluding hydrogens is 392 g/mol. The SMILES string of the molecule is CC(C)N(C(=O)COC(=O)c1ccc(NC(=O)c2ccco2)s1)c1ccccc1. The smallest absolute Gasteiger partial charge is 0.348 e. The Hall–Kier alpha value is -3.39. The van der Waals surface area contributed by atoms with Crippen molar-refractivity contribution in [1.29, 1.82) is 0 Å². The molecule has 8 heteroatoms. The van der Waals surface area contributed by atoms with Crippen LogP contribution in [0.4, 0.5) is 10.7 Å². The van der Waals surface area contributed by atoms with E-state index in [0.717, 1.165) is 17.0 Å². The minimum Gasteiger partial charge on any atom is -0.459 e. The van der Waals surface area contributed by atoms with Crippen LogP contribution >= 0.6 is 11.3 Å². The summed E-state index contributed by atoms with van der Waals surface area (Å²) in [5.41, 5.74) is 0.739. The van der Waals surface area contributed by atoms with Gasteiger partial charge in [0.15, 0.2) is 12.4 Å². The lowest BCUT2D eigenvalue weighted by Gasteiger charge is -2.26. The normalized spacial score (nSPS) is 10.6. The van der Waals surface area contributed by atoms with E-state index in [-0.39, 0.29) is 29.2 Å². The van der Waals surface area contributed by atoms with Crippen molar-refractivity contribution in [3.8, 4) is 0 Å². The molecule has 0 radical (unpaired) electrons. The fourth-order valence-corrected chi connectivity index (χ4v) is 3.48. The lowest BCUT2D eigenvalue weighted by atomic mass is 10.2. The Balaban J connectivity index is 1.58. The molecule has 0 spiro atoms. The predicted octanol–water partition coefficient (Wildman–Crippen LogP) is 4.19. The molecule has 0 saturated heterocycles. The van der Waals surface area contributed by atoms with Crippen molar-refractivity contribution in [2.45, 2.75) is 19.9 Å². The second kappa shape index (κ2) is 9.20. The van der Waals surface area contributed by atoms with Crippen molar-refractivity contribution in [3.05, 3.63) is 71.5 Å². The molecule has 2 amide bonds. The van der Waals surface area contributed by atoms with Gasteiger partial charge in [-0.3, -0.25) is 9.59 Å². The van der Waals surface area contributed by atoms with Crippen LogP contribution in [0.25, 0.3) is 0 Å². The second-order valence-corrected chi connectivity index (χ2v) is 7.45. The van der Waals surface area contributed by atoms with Gasteiger partial charge in [0.2, 0.25) is 0 Å². The topological polar surface area (TPSA) is 88.9 Å². The molecule has 1 aromatic carbocycles. The highest BCUT2D eigenvalue weighted by atomic mass is 32.1. The monoisotopic (exact) mass is 412 g/mol. The number of amides is 2.